The molecule has 0 aromatic carbocycles. The van der Waals surface area contributed by atoms with Gasteiger partial charge in [0.15, 0.2) is 0 Å². The van der Waals surface area contributed by atoms with Gasteiger partial charge in [0, 0.05) is 26.2 Å². The van der Waals surface area contributed by atoms with Gasteiger partial charge in [0.2, 0.25) is 0 Å². The second-order valence-corrected chi connectivity index (χ2v) is 4.83. The maximum Gasteiger partial charge on any atom is 0.287 e. The molecular weight excluding hydrogens is 304 g/mol. The summed E-state index contributed by atoms with van der Waals surface area (Å²) in [6.07, 6.45) is 0. The molecular formula is C10H20N4O4S2. The molecule has 2 rings (SSSR count). The van der Waals surface area contributed by atoms with Gasteiger partial charge < -0.3 is 25.4 Å². The minimum absolute atomic E-state index is 0.108. The molecule has 0 unspecified atom stereocenters. The molecule has 4 N–H and O–H groups in total. The number of hydrogen-bond acceptors (Lipinski definition) is 6. The first-order valence-corrected chi connectivity index (χ1v) is 7.00. The van der Waals surface area contributed by atoms with E-state index in [2.05, 4.69) is 18.0 Å². The number of hydrazine groups is 2. The van der Waals surface area contributed by atoms with Gasteiger partial charge in [0.25, 0.3) is 10.3 Å². The first-order chi connectivity index (χ1) is 9.52. The van der Waals surface area contributed by atoms with Crippen LogP contribution in [0.25, 0.3) is 0 Å². The smallest absolute Gasteiger partial charge is 0.287 e. The van der Waals surface area contributed by atoms with Crippen molar-refractivity contribution in [2.75, 3.05) is 52.6 Å². The van der Waals surface area contributed by atoms with Crippen molar-refractivity contribution in [2.24, 2.45) is 5.73 Å². The molecule has 0 radical (unpaired) electrons. The fourth-order valence-electron chi connectivity index (χ4n) is 1.91. The van der Waals surface area contributed by atoms with E-state index in [0.717, 1.165) is 26.2 Å². The second-order valence-electron chi connectivity index (χ2n) is 4.04. The predicted octanol–water partition coefficient (Wildman–Crippen LogP) is -0.586. The Morgan fingerprint density at radius 2 is 1.20 bits per heavy atom. The molecule has 2 saturated heterocycles. The van der Waals surface area contributed by atoms with E-state index in [1.54, 1.807) is 5.12 Å². The lowest BCUT2D eigenvalue weighted by atomic mass is 10.5. The van der Waals surface area contributed by atoms with Crippen LogP contribution >= 0.6 is 24.4 Å². The van der Waals surface area contributed by atoms with Crippen molar-refractivity contribution in [2.45, 2.75) is 0 Å². The van der Waals surface area contributed by atoms with Gasteiger partial charge in [0.05, 0.1) is 26.4 Å². The summed E-state index contributed by atoms with van der Waals surface area (Å²) in [4.78, 5) is 0. The quantitative estimate of drug-likeness (QED) is 0.572. The first kappa shape index (κ1) is 17.3. The van der Waals surface area contributed by atoms with Crippen molar-refractivity contribution >= 4 is 34.8 Å². The number of hydrogen-bond donors (Lipinski definition) is 3. The molecule has 2 aliphatic rings. The molecule has 0 amide bonds. The Bertz CT molecular complexity index is 300. The van der Waals surface area contributed by atoms with Gasteiger partial charge in [-0.1, -0.05) is 0 Å². The predicted molar refractivity (Wildman–Crippen MR) is 81.3 cm³/mol. The third kappa shape index (κ3) is 6.11. The number of nitrogens with two attached hydrogens (primary N) is 1. The number of nitrogens with zero attached hydrogens (tertiary/aromatic N) is 3. The summed E-state index contributed by atoms with van der Waals surface area (Å²) >= 11 is 8.77. The third-order valence-electron chi connectivity index (χ3n) is 2.68. The van der Waals surface area contributed by atoms with E-state index >= 15 is 0 Å². The molecule has 20 heavy (non-hydrogen) atoms. The summed E-state index contributed by atoms with van der Waals surface area (Å²) in [5.41, 5.74) is 4.40. The average Bonchev–Trinajstić information content (AvgIpc) is 2.40. The number of morpholine rings is 2. The first-order valence-electron chi connectivity index (χ1n) is 6.19. The average molecular weight is 324 g/mol. The fraction of sp³-hybridized carbons (Fsp3) is 0.800. The largest absolute Gasteiger partial charge is 0.487 e. The standard InChI is InChI=1S/C9H17N3O3S.CH3NOS/c13-9(16)12(10-1-5-14-6-2-10)11-3-7-15-8-4-11;2-1(3)4/h1-8H2,(H,13,16);(H3,2,3,4). The molecule has 2 heterocycles. The maximum atomic E-state index is 9.61. The van der Waals surface area contributed by atoms with E-state index in [9.17, 15) is 5.11 Å². The highest BCUT2D eigenvalue weighted by atomic mass is 32.1. The van der Waals surface area contributed by atoms with E-state index < -0.39 is 5.17 Å². The van der Waals surface area contributed by atoms with Crippen molar-refractivity contribution in [3.05, 3.63) is 0 Å². The Hall–Kier alpha value is -0.780. The van der Waals surface area contributed by atoms with Gasteiger partial charge in [0.1, 0.15) is 0 Å². The molecule has 2 aliphatic heterocycles. The zero-order valence-corrected chi connectivity index (χ0v) is 12.7. The van der Waals surface area contributed by atoms with Gasteiger partial charge in [-0.25, -0.2) is 0 Å². The van der Waals surface area contributed by atoms with Crippen molar-refractivity contribution < 1.29 is 19.7 Å². The van der Waals surface area contributed by atoms with Crippen molar-refractivity contribution in [3.8, 4) is 0 Å². The van der Waals surface area contributed by atoms with Crippen molar-refractivity contribution in [1.29, 1.82) is 0 Å². The normalized spacial score (nSPS) is 20.6. The zero-order valence-electron chi connectivity index (χ0n) is 11.1. The number of aliphatic hydroxyl groups is 2. The third-order valence-corrected chi connectivity index (χ3v) is 2.85. The van der Waals surface area contributed by atoms with Gasteiger partial charge in [-0.05, 0) is 24.4 Å². The summed E-state index contributed by atoms with van der Waals surface area (Å²) in [6, 6.07) is 0. The van der Waals surface area contributed by atoms with Crippen LogP contribution in [0.5, 0.6) is 0 Å². The Morgan fingerprint density at radius 1 is 0.900 bits per heavy atom. The molecule has 0 saturated carbocycles. The molecule has 0 spiro atoms. The minimum atomic E-state index is -0.500. The fourth-order valence-corrected chi connectivity index (χ4v) is 2.14. The lowest BCUT2D eigenvalue weighted by molar-refractivity contribution is -0.186. The topological polar surface area (TPSA) is 94.7 Å². The molecule has 0 atom stereocenters. The summed E-state index contributed by atoms with van der Waals surface area (Å²) < 4.78 is 10.6. The van der Waals surface area contributed by atoms with Gasteiger partial charge in [-0.3, -0.25) is 0 Å². The number of aliphatic hydroxyl groups excluding tert-OH is 2. The Kier molecular flexibility index (Phi) is 7.95. The molecule has 10 heteroatoms. The Morgan fingerprint density at radius 3 is 1.45 bits per heavy atom. The summed E-state index contributed by atoms with van der Waals surface area (Å²) in [5.74, 6) is 0. The van der Waals surface area contributed by atoms with Crippen molar-refractivity contribution in [3.63, 3.8) is 0 Å². The van der Waals surface area contributed by atoms with E-state index in [1.165, 1.54) is 0 Å². The number of rotatable bonds is 2. The maximum absolute atomic E-state index is 9.61. The lowest BCUT2D eigenvalue weighted by Gasteiger charge is -2.44. The molecule has 0 bridgehead atoms. The van der Waals surface area contributed by atoms with E-state index in [-0.39, 0.29) is 5.17 Å². The van der Waals surface area contributed by atoms with Gasteiger partial charge in [-0.2, -0.15) is 15.1 Å². The highest BCUT2D eigenvalue weighted by Crippen LogP contribution is 2.10. The second kappa shape index (κ2) is 9.21. The van der Waals surface area contributed by atoms with Crippen LogP contribution in [0, 0.1) is 0 Å². The molecule has 8 nitrogen and oxygen atoms in total. The molecule has 0 aliphatic carbocycles. The lowest BCUT2D eigenvalue weighted by Crippen LogP contribution is -2.61. The minimum Gasteiger partial charge on any atom is -0.487 e. The molecule has 116 valence electrons. The Balaban J connectivity index is 0.000000444. The van der Waals surface area contributed by atoms with Crippen LogP contribution in [0.4, 0.5) is 0 Å². The van der Waals surface area contributed by atoms with Gasteiger partial charge >= 0.3 is 0 Å². The van der Waals surface area contributed by atoms with Crippen LogP contribution in [-0.2, 0) is 9.47 Å². The van der Waals surface area contributed by atoms with Crippen LogP contribution in [0.2, 0.25) is 0 Å². The van der Waals surface area contributed by atoms with Crippen molar-refractivity contribution in [1.82, 2.24) is 15.1 Å². The highest BCUT2D eigenvalue weighted by Gasteiger charge is 2.27. The van der Waals surface area contributed by atoms with Crippen LogP contribution in [0.3, 0.4) is 0 Å². The highest BCUT2D eigenvalue weighted by molar-refractivity contribution is 7.80. The SMILES string of the molecule is NC(O)=S.OC(=S)N(N1CCOCC1)N1CCOCC1. The van der Waals surface area contributed by atoms with Crippen LogP contribution < -0.4 is 5.73 Å². The number of ether oxygens (including phenoxy) is 2. The molecule has 2 fully saturated rings. The number of thiocarbonyl (C=S) groups is 2. The molecule has 0 aromatic heterocycles. The summed E-state index contributed by atoms with van der Waals surface area (Å²) in [5, 5.41) is 22.3. The van der Waals surface area contributed by atoms with E-state index in [1.807, 2.05) is 10.0 Å². The van der Waals surface area contributed by atoms with Crippen LogP contribution in [0.15, 0.2) is 0 Å². The van der Waals surface area contributed by atoms with Crippen LogP contribution in [0.1, 0.15) is 0 Å². The van der Waals surface area contributed by atoms with Crippen LogP contribution in [-0.4, -0.2) is 88.3 Å². The summed E-state index contributed by atoms with van der Waals surface area (Å²) in [6.45, 7) is 5.67. The zero-order chi connectivity index (χ0) is 15.0. The van der Waals surface area contributed by atoms with E-state index in [0.29, 0.717) is 26.4 Å². The van der Waals surface area contributed by atoms with E-state index in [4.69, 9.17) is 26.8 Å². The Labute approximate surface area is 128 Å². The summed E-state index contributed by atoms with van der Waals surface area (Å²) in [7, 11) is 0. The monoisotopic (exact) mass is 324 g/mol. The van der Waals surface area contributed by atoms with Gasteiger partial charge in [-0.15, -0.1) is 0 Å². The molecule has 0 aromatic rings.